The molecular weight excluding hydrogens is 198 g/mol. The SMILES string of the molecule is C=C(CC)Cn1ncc(CNC(C)C)c1C. The van der Waals surface area contributed by atoms with E-state index in [1.807, 2.05) is 10.9 Å². The second-order valence-electron chi connectivity index (χ2n) is 4.55. The van der Waals surface area contributed by atoms with Gasteiger partial charge in [-0.2, -0.15) is 5.10 Å². The van der Waals surface area contributed by atoms with Crippen LogP contribution < -0.4 is 5.32 Å². The third-order valence-corrected chi connectivity index (χ3v) is 2.78. The lowest BCUT2D eigenvalue weighted by molar-refractivity contribution is 0.584. The fraction of sp³-hybridized carbons (Fsp3) is 0.615. The predicted octanol–water partition coefficient (Wildman–Crippen LogP) is 2.66. The molecule has 0 atom stereocenters. The Morgan fingerprint density at radius 3 is 2.81 bits per heavy atom. The Balaban J connectivity index is 2.65. The number of nitrogens with one attached hydrogen (secondary N) is 1. The molecule has 0 aromatic carbocycles. The van der Waals surface area contributed by atoms with Crippen molar-refractivity contribution in [3.8, 4) is 0 Å². The molecule has 0 spiro atoms. The van der Waals surface area contributed by atoms with E-state index in [9.17, 15) is 0 Å². The van der Waals surface area contributed by atoms with Gasteiger partial charge in [0.1, 0.15) is 0 Å². The molecule has 0 radical (unpaired) electrons. The average Bonchev–Trinajstić information content (AvgIpc) is 2.57. The van der Waals surface area contributed by atoms with Crippen LogP contribution in [0.15, 0.2) is 18.3 Å². The van der Waals surface area contributed by atoms with Crippen molar-refractivity contribution in [2.75, 3.05) is 0 Å². The van der Waals surface area contributed by atoms with Gasteiger partial charge in [-0.05, 0) is 13.3 Å². The van der Waals surface area contributed by atoms with Crippen LogP contribution >= 0.6 is 0 Å². The first-order chi connectivity index (χ1) is 7.54. The molecule has 0 aliphatic rings. The molecule has 0 aliphatic heterocycles. The third kappa shape index (κ3) is 3.49. The number of rotatable bonds is 6. The van der Waals surface area contributed by atoms with Crippen LogP contribution in [0.5, 0.6) is 0 Å². The summed E-state index contributed by atoms with van der Waals surface area (Å²) in [4.78, 5) is 0. The summed E-state index contributed by atoms with van der Waals surface area (Å²) < 4.78 is 2.03. The summed E-state index contributed by atoms with van der Waals surface area (Å²) in [7, 11) is 0. The summed E-state index contributed by atoms with van der Waals surface area (Å²) in [5.74, 6) is 0. The lowest BCUT2D eigenvalue weighted by Crippen LogP contribution is -2.22. The topological polar surface area (TPSA) is 29.9 Å². The van der Waals surface area contributed by atoms with Gasteiger partial charge in [-0.25, -0.2) is 0 Å². The summed E-state index contributed by atoms with van der Waals surface area (Å²) in [6, 6.07) is 0.508. The molecule has 3 nitrogen and oxygen atoms in total. The van der Waals surface area contributed by atoms with Crippen LogP contribution in [0.2, 0.25) is 0 Å². The largest absolute Gasteiger partial charge is 0.310 e. The van der Waals surface area contributed by atoms with Crippen LogP contribution in [0, 0.1) is 6.92 Å². The number of hydrogen-bond acceptors (Lipinski definition) is 2. The number of hydrogen-bond donors (Lipinski definition) is 1. The van der Waals surface area contributed by atoms with Crippen molar-refractivity contribution in [1.29, 1.82) is 0 Å². The highest BCUT2D eigenvalue weighted by molar-refractivity contribution is 5.17. The highest BCUT2D eigenvalue weighted by Crippen LogP contribution is 2.10. The summed E-state index contributed by atoms with van der Waals surface area (Å²) in [6.07, 6.45) is 2.96. The van der Waals surface area contributed by atoms with E-state index in [0.29, 0.717) is 6.04 Å². The minimum absolute atomic E-state index is 0.508. The molecule has 0 saturated carbocycles. The fourth-order valence-electron chi connectivity index (χ4n) is 1.46. The Hall–Kier alpha value is -1.09. The molecule has 1 N–H and O–H groups in total. The van der Waals surface area contributed by atoms with E-state index in [0.717, 1.165) is 19.5 Å². The quantitative estimate of drug-likeness (QED) is 0.748. The zero-order valence-corrected chi connectivity index (χ0v) is 10.9. The normalized spacial score (nSPS) is 11.1. The van der Waals surface area contributed by atoms with E-state index in [1.54, 1.807) is 0 Å². The van der Waals surface area contributed by atoms with Crippen molar-refractivity contribution in [3.63, 3.8) is 0 Å². The second-order valence-corrected chi connectivity index (χ2v) is 4.55. The molecule has 1 aromatic heterocycles. The maximum atomic E-state index is 4.40. The molecule has 0 amide bonds. The van der Waals surface area contributed by atoms with Gasteiger partial charge in [0.05, 0.1) is 12.7 Å². The Morgan fingerprint density at radius 1 is 1.56 bits per heavy atom. The van der Waals surface area contributed by atoms with Gasteiger partial charge in [0, 0.05) is 23.8 Å². The third-order valence-electron chi connectivity index (χ3n) is 2.78. The van der Waals surface area contributed by atoms with E-state index in [1.165, 1.54) is 16.8 Å². The summed E-state index contributed by atoms with van der Waals surface area (Å²) in [5.41, 5.74) is 3.73. The smallest absolute Gasteiger partial charge is 0.0619 e. The Kier molecular flexibility index (Phi) is 4.74. The minimum atomic E-state index is 0.508. The first-order valence-electron chi connectivity index (χ1n) is 5.95. The fourth-order valence-corrected chi connectivity index (χ4v) is 1.46. The molecule has 3 heteroatoms. The van der Waals surface area contributed by atoms with Crippen molar-refractivity contribution >= 4 is 0 Å². The molecule has 0 aliphatic carbocycles. The van der Waals surface area contributed by atoms with Crippen molar-refractivity contribution < 1.29 is 0 Å². The maximum absolute atomic E-state index is 4.40. The molecule has 0 unspecified atom stereocenters. The summed E-state index contributed by atoms with van der Waals surface area (Å²) in [6.45, 7) is 14.3. The van der Waals surface area contributed by atoms with Crippen LogP contribution in [0.4, 0.5) is 0 Å². The molecule has 0 saturated heterocycles. The van der Waals surface area contributed by atoms with Gasteiger partial charge in [-0.1, -0.05) is 32.9 Å². The number of aromatic nitrogens is 2. The molecule has 1 rings (SSSR count). The first kappa shape index (κ1) is 13.0. The van der Waals surface area contributed by atoms with Gasteiger partial charge in [0.15, 0.2) is 0 Å². The zero-order chi connectivity index (χ0) is 12.1. The van der Waals surface area contributed by atoms with Crippen molar-refractivity contribution in [2.24, 2.45) is 0 Å². The highest BCUT2D eigenvalue weighted by Gasteiger charge is 2.06. The van der Waals surface area contributed by atoms with Gasteiger partial charge in [-0.3, -0.25) is 4.68 Å². The van der Waals surface area contributed by atoms with Crippen LogP contribution in [-0.2, 0) is 13.1 Å². The van der Waals surface area contributed by atoms with Crippen LogP contribution in [-0.4, -0.2) is 15.8 Å². The van der Waals surface area contributed by atoms with Gasteiger partial charge in [-0.15, -0.1) is 0 Å². The summed E-state index contributed by atoms with van der Waals surface area (Å²) >= 11 is 0. The first-order valence-corrected chi connectivity index (χ1v) is 5.95. The van der Waals surface area contributed by atoms with E-state index in [-0.39, 0.29) is 0 Å². The Labute approximate surface area is 98.5 Å². The van der Waals surface area contributed by atoms with E-state index in [2.05, 4.69) is 44.7 Å². The molecular formula is C13H23N3. The number of allylic oxidation sites excluding steroid dienone is 1. The van der Waals surface area contributed by atoms with Crippen molar-refractivity contribution in [3.05, 3.63) is 29.6 Å². The van der Waals surface area contributed by atoms with Crippen molar-refractivity contribution in [1.82, 2.24) is 15.1 Å². The molecule has 0 bridgehead atoms. The lowest BCUT2D eigenvalue weighted by atomic mass is 10.2. The predicted molar refractivity (Wildman–Crippen MR) is 68.4 cm³/mol. The van der Waals surface area contributed by atoms with Crippen LogP contribution in [0.25, 0.3) is 0 Å². The molecule has 90 valence electrons. The van der Waals surface area contributed by atoms with Crippen molar-refractivity contribution in [2.45, 2.75) is 53.2 Å². The van der Waals surface area contributed by atoms with Gasteiger partial charge in [0.25, 0.3) is 0 Å². The second kappa shape index (κ2) is 5.85. The van der Waals surface area contributed by atoms with E-state index >= 15 is 0 Å². The van der Waals surface area contributed by atoms with Gasteiger partial charge >= 0.3 is 0 Å². The maximum Gasteiger partial charge on any atom is 0.0619 e. The standard InChI is InChI=1S/C13H23N3/c1-6-11(4)9-16-12(5)13(8-15-16)7-14-10(2)3/h8,10,14H,4,6-7,9H2,1-3,5H3. The lowest BCUT2D eigenvalue weighted by Gasteiger charge is -2.09. The Bertz CT molecular complexity index is 350. The average molecular weight is 221 g/mol. The number of nitrogens with zero attached hydrogens (tertiary/aromatic N) is 2. The molecule has 1 aromatic rings. The van der Waals surface area contributed by atoms with Gasteiger partial charge in [0.2, 0.25) is 0 Å². The van der Waals surface area contributed by atoms with Crippen LogP contribution in [0.3, 0.4) is 0 Å². The molecule has 16 heavy (non-hydrogen) atoms. The molecule has 0 fully saturated rings. The monoisotopic (exact) mass is 221 g/mol. The highest BCUT2D eigenvalue weighted by atomic mass is 15.3. The van der Waals surface area contributed by atoms with E-state index < -0.39 is 0 Å². The molecule has 1 heterocycles. The minimum Gasteiger partial charge on any atom is -0.310 e. The van der Waals surface area contributed by atoms with E-state index in [4.69, 9.17) is 0 Å². The zero-order valence-electron chi connectivity index (χ0n) is 10.9. The summed E-state index contributed by atoms with van der Waals surface area (Å²) in [5, 5.41) is 7.80. The van der Waals surface area contributed by atoms with Crippen LogP contribution in [0.1, 0.15) is 38.4 Å². The van der Waals surface area contributed by atoms with Gasteiger partial charge < -0.3 is 5.32 Å². The Morgan fingerprint density at radius 2 is 2.25 bits per heavy atom.